The van der Waals surface area contributed by atoms with E-state index in [2.05, 4.69) is 0 Å². The SMILES string of the molecule is [O]C(OCc1ccccc1)C1CC1. The van der Waals surface area contributed by atoms with Crippen LogP contribution in [0.3, 0.4) is 0 Å². The average molecular weight is 177 g/mol. The van der Waals surface area contributed by atoms with Crippen LogP contribution in [0.4, 0.5) is 0 Å². The Balaban J connectivity index is 1.78. The molecule has 13 heavy (non-hydrogen) atoms. The Labute approximate surface area is 78.2 Å². The Hall–Kier alpha value is -0.860. The summed E-state index contributed by atoms with van der Waals surface area (Å²) in [4.78, 5) is 0. The first-order valence-electron chi connectivity index (χ1n) is 4.67. The molecule has 1 saturated carbocycles. The number of benzene rings is 1. The van der Waals surface area contributed by atoms with Crippen molar-refractivity contribution in [2.45, 2.75) is 25.7 Å². The molecule has 1 aromatic rings. The van der Waals surface area contributed by atoms with Gasteiger partial charge in [-0.3, -0.25) is 0 Å². The summed E-state index contributed by atoms with van der Waals surface area (Å²) in [6.45, 7) is 0.450. The summed E-state index contributed by atoms with van der Waals surface area (Å²) in [5, 5.41) is 11.2. The van der Waals surface area contributed by atoms with Crippen molar-refractivity contribution in [3.8, 4) is 0 Å². The minimum absolute atomic E-state index is 0.281. The second-order valence-corrected chi connectivity index (χ2v) is 3.50. The van der Waals surface area contributed by atoms with E-state index < -0.39 is 6.29 Å². The highest BCUT2D eigenvalue weighted by atomic mass is 16.6. The fourth-order valence-electron chi connectivity index (χ4n) is 1.26. The van der Waals surface area contributed by atoms with Gasteiger partial charge in [0.15, 0.2) is 6.29 Å². The molecule has 1 radical (unpaired) electrons. The molecule has 0 amide bonds. The van der Waals surface area contributed by atoms with Gasteiger partial charge < -0.3 is 4.74 Å². The number of rotatable bonds is 4. The smallest absolute Gasteiger partial charge is 0.194 e. The van der Waals surface area contributed by atoms with Gasteiger partial charge in [0.05, 0.1) is 6.61 Å². The molecular formula is C11H13O2. The highest BCUT2D eigenvalue weighted by Crippen LogP contribution is 2.33. The van der Waals surface area contributed by atoms with Crippen molar-refractivity contribution in [2.24, 2.45) is 5.92 Å². The lowest BCUT2D eigenvalue weighted by Gasteiger charge is -2.07. The molecule has 0 aliphatic heterocycles. The van der Waals surface area contributed by atoms with Crippen LogP contribution in [0.25, 0.3) is 0 Å². The van der Waals surface area contributed by atoms with Crippen LogP contribution >= 0.6 is 0 Å². The van der Waals surface area contributed by atoms with Crippen LogP contribution < -0.4 is 0 Å². The maximum Gasteiger partial charge on any atom is 0.194 e. The van der Waals surface area contributed by atoms with Gasteiger partial charge in [-0.2, -0.15) is 0 Å². The molecular weight excluding hydrogens is 164 g/mol. The summed E-state index contributed by atoms with van der Waals surface area (Å²) in [6.07, 6.45) is 1.28. The molecule has 0 bridgehead atoms. The molecule has 1 aliphatic carbocycles. The van der Waals surface area contributed by atoms with E-state index in [1.807, 2.05) is 30.3 Å². The third-order valence-corrected chi connectivity index (χ3v) is 2.26. The maximum atomic E-state index is 11.2. The van der Waals surface area contributed by atoms with E-state index in [0.29, 0.717) is 6.61 Å². The summed E-state index contributed by atoms with van der Waals surface area (Å²) in [7, 11) is 0. The molecule has 1 aliphatic rings. The second-order valence-electron chi connectivity index (χ2n) is 3.50. The summed E-state index contributed by atoms with van der Waals surface area (Å²) < 4.78 is 5.20. The molecule has 69 valence electrons. The van der Waals surface area contributed by atoms with Crippen molar-refractivity contribution in [3.63, 3.8) is 0 Å². The van der Waals surface area contributed by atoms with Gasteiger partial charge in [0.2, 0.25) is 0 Å². The Morgan fingerprint density at radius 3 is 2.62 bits per heavy atom. The van der Waals surface area contributed by atoms with E-state index in [1.54, 1.807) is 0 Å². The lowest BCUT2D eigenvalue weighted by atomic mass is 10.2. The first-order valence-corrected chi connectivity index (χ1v) is 4.67. The first-order chi connectivity index (χ1) is 6.36. The molecule has 2 nitrogen and oxygen atoms in total. The topological polar surface area (TPSA) is 29.1 Å². The van der Waals surface area contributed by atoms with Gasteiger partial charge in [-0.05, 0) is 18.4 Å². The van der Waals surface area contributed by atoms with E-state index in [-0.39, 0.29) is 5.92 Å². The minimum Gasteiger partial charge on any atom is -0.345 e. The van der Waals surface area contributed by atoms with Gasteiger partial charge in [0.25, 0.3) is 0 Å². The quantitative estimate of drug-likeness (QED) is 0.649. The van der Waals surface area contributed by atoms with Crippen molar-refractivity contribution >= 4 is 0 Å². The molecule has 0 N–H and O–H groups in total. The van der Waals surface area contributed by atoms with Crippen molar-refractivity contribution in [1.29, 1.82) is 0 Å². The molecule has 1 fully saturated rings. The van der Waals surface area contributed by atoms with Crippen molar-refractivity contribution in [3.05, 3.63) is 35.9 Å². The van der Waals surface area contributed by atoms with Gasteiger partial charge in [-0.1, -0.05) is 30.3 Å². The fraction of sp³-hybridized carbons (Fsp3) is 0.455. The van der Waals surface area contributed by atoms with E-state index in [0.717, 1.165) is 18.4 Å². The van der Waals surface area contributed by atoms with Crippen LogP contribution in [-0.4, -0.2) is 6.29 Å². The Morgan fingerprint density at radius 1 is 1.31 bits per heavy atom. The molecule has 0 spiro atoms. The zero-order chi connectivity index (χ0) is 9.10. The standard InChI is InChI=1S/C11H13O2/c12-11(10-6-7-10)13-8-9-4-2-1-3-5-9/h1-5,10-11H,6-8H2. The van der Waals surface area contributed by atoms with Crippen LogP contribution in [0.15, 0.2) is 30.3 Å². The van der Waals surface area contributed by atoms with E-state index in [9.17, 15) is 5.11 Å². The minimum atomic E-state index is -0.805. The first kappa shape index (κ1) is 8.73. The number of hydrogen-bond acceptors (Lipinski definition) is 1. The molecule has 1 atom stereocenters. The van der Waals surface area contributed by atoms with Gasteiger partial charge in [0.1, 0.15) is 0 Å². The highest BCUT2D eigenvalue weighted by molar-refractivity contribution is 5.13. The molecule has 2 heteroatoms. The highest BCUT2D eigenvalue weighted by Gasteiger charge is 2.31. The van der Waals surface area contributed by atoms with Crippen LogP contribution in [0.2, 0.25) is 0 Å². The molecule has 0 saturated heterocycles. The van der Waals surface area contributed by atoms with Crippen LogP contribution in [0.5, 0.6) is 0 Å². The molecule has 1 unspecified atom stereocenters. The van der Waals surface area contributed by atoms with E-state index in [4.69, 9.17) is 4.74 Å². The Morgan fingerprint density at radius 2 is 2.00 bits per heavy atom. The number of hydrogen-bond donors (Lipinski definition) is 0. The molecule has 0 aromatic heterocycles. The molecule has 2 rings (SSSR count). The van der Waals surface area contributed by atoms with Gasteiger partial charge in [-0.25, -0.2) is 5.11 Å². The van der Waals surface area contributed by atoms with Crippen LogP contribution in [0, 0.1) is 5.92 Å². The average Bonchev–Trinajstić information content (AvgIpc) is 2.99. The molecule has 1 aromatic carbocycles. The van der Waals surface area contributed by atoms with Gasteiger partial charge >= 0.3 is 0 Å². The summed E-state index contributed by atoms with van der Waals surface area (Å²) in [5.41, 5.74) is 1.07. The Kier molecular flexibility index (Phi) is 2.62. The zero-order valence-electron chi connectivity index (χ0n) is 7.48. The van der Waals surface area contributed by atoms with Crippen LogP contribution in [-0.2, 0) is 16.5 Å². The van der Waals surface area contributed by atoms with Gasteiger partial charge in [0, 0.05) is 5.92 Å². The largest absolute Gasteiger partial charge is 0.345 e. The third kappa shape index (κ3) is 2.54. The summed E-state index contributed by atoms with van der Waals surface area (Å²) in [5.74, 6) is 0.281. The monoisotopic (exact) mass is 177 g/mol. The van der Waals surface area contributed by atoms with Crippen molar-refractivity contribution in [2.75, 3.05) is 0 Å². The van der Waals surface area contributed by atoms with Crippen LogP contribution in [0.1, 0.15) is 18.4 Å². The predicted molar refractivity (Wildman–Crippen MR) is 48.4 cm³/mol. The zero-order valence-corrected chi connectivity index (χ0v) is 7.48. The predicted octanol–water partition coefficient (Wildman–Crippen LogP) is 2.37. The van der Waals surface area contributed by atoms with E-state index >= 15 is 0 Å². The Bertz CT molecular complexity index is 254. The van der Waals surface area contributed by atoms with Crippen molar-refractivity contribution < 1.29 is 9.84 Å². The number of ether oxygens (including phenoxy) is 1. The summed E-state index contributed by atoms with van der Waals surface area (Å²) in [6, 6.07) is 9.81. The fourth-order valence-corrected chi connectivity index (χ4v) is 1.26. The summed E-state index contributed by atoms with van der Waals surface area (Å²) >= 11 is 0. The maximum absolute atomic E-state index is 11.2. The van der Waals surface area contributed by atoms with Crippen molar-refractivity contribution in [1.82, 2.24) is 0 Å². The third-order valence-electron chi connectivity index (χ3n) is 2.26. The normalized spacial score (nSPS) is 18.5. The second kappa shape index (κ2) is 3.90. The van der Waals surface area contributed by atoms with E-state index in [1.165, 1.54) is 0 Å². The lowest BCUT2D eigenvalue weighted by molar-refractivity contribution is -0.159. The lowest BCUT2D eigenvalue weighted by Crippen LogP contribution is -2.12. The van der Waals surface area contributed by atoms with Gasteiger partial charge in [-0.15, -0.1) is 0 Å². The molecule has 0 heterocycles.